The van der Waals surface area contributed by atoms with Crippen LogP contribution in [0.4, 0.5) is 18.9 Å². The van der Waals surface area contributed by atoms with Gasteiger partial charge < -0.3 is 10.5 Å². The van der Waals surface area contributed by atoms with Gasteiger partial charge in [-0.2, -0.15) is 13.2 Å². The molecule has 0 aromatic heterocycles. The summed E-state index contributed by atoms with van der Waals surface area (Å²) in [6.07, 6.45) is -4.50. The third-order valence-electron chi connectivity index (χ3n) is 2.43. The number of hydrogen-bond acceptors (Lipinski definition) is 2. The normalized spacial score (nSPS) is 11.4. The summed E-state index contributed by atoms with van der Waals surface area (Å²) in [6, 6.07) is 9.43. The molecular formula is C13H9ClF3NO. The molecule has 2 nitrogen and oxygen atoms in total. The summed E-state index contributed by atoms with van der Waals surface area (Å²) < 4.78 is 43.6. The highest BCUT2D eigenvalue weighted by molar-refractivity contribution is 6.33. The number of hydrogen-bond donors (Lipinski definition) is 1. The average Bonchev–Trinajstić information content (AvgIpc) is 2.34. The van der Waals surface area contributed by atoms with Crippen LogP contribution < -0.4 is 10.5 Å². The molecule has 2 aromatic rings. The van der Waals surface area contributed by atoms with Crippen LogP contribution in [0.1, 0.15) is 5.56 Å². The number of nitrogen functional groups attached to an aromatic ring is 1. The molecule has 0 unspecified atom stereocenters. The minimum absolute atomic E-state index is 0.0872. The maximum Gasteiger partial charge on any atom is 0.419 e. The first-order valence-corrected chi connectivity index (χ1v) is 5.65. The van der Waals surface area contributed by atoms with Gasteiger partial charge in [-0.05, 0) is 24.3 Å². The number of rotatable bonds is 2. The second kappa shape index (κ2) is 5.01. The lowest BCUT2D eigenvalue weighted by Gasteiger charge is -2.14. The Bertz CT molecular complexity index is 599. The highest BCUT2D eigenvalue weighted by Crippen LogP contribution is 2.40. The lowest BCUT2D eigenvalue weighted by Crippen LogP contribution is -2.07. The summed E-state index contributed by atoms with van der Waals surface area (Å²) >= 11 is 5.78. The first-order chi connectivity index (χ1) is 8.89. The first kappa shape index (κ1) is 13.5. The lowest BCUT2D eigenvalue weighted by molar-refractivity contribution is -0.138. The molecule has 0 fully saturated rings. The van der Waals surface area contributed by atoms with Crippen LogP contribution in [0, 0.1) is 0 Å². The molecule has 6 heteroatoms. The monoisotopic (exact) mass is 287 g/mol. The van der Waals surface area contributed by atoms with Gasteiger partial charge in [0.15, 0.2) is 5.75 Å². The molecule has 0 bridgehead atoms. The minimum Gasteiger partial charge on any atom is -0.455 e. The number of halogens is 4. The van der Waals surface area contributed by atoms with Crippen LogP contribution in [-0.4, -0.2) is 0 Å². The Balaban J connectivity index is 2.42. The van der Waals surface area contributed by atoms with Gasteiger partial charge in [0.1, 0.15) is 5.75 Å². The zero-order chi connectivity index (χ0) is 14.0. The number of alkyl halides is 3. The number of nitrogens with two attached hydrogens (primary N) is 1. The molecule has 0 saturated carbocycles. The minimum atomic E-state index is -4.50. The van der Waals surface area contributed by atoms with E-state index >= 15 is 0 Å². The highest BCUT2D eigenvalue weighted by atomic mass is 35.5. The van der Waals surface area contributed by atoms with Gasteiger partial charge in [-0.3, -0.25) is 0 Å². The van der Waals surface area contributed by atoms with Gasteiger partial charge in [0.25, 0.3) is 0 Å². The van der Waals surface area contributed by atoms with Crippen LogP contribution in [0.5, 0.6) is 11.5 Å². The standard InChI is InChI=1S/C13H9ClF3NO/c14-9-5-3-7-11(12(9)18)19-10-6-2-1-4-8(10)13(15,16)17/h1-7H,18H2. The van der Waals surface area contributed by atoms with Crippen molar-refractivity contribution >= 4 is 17.3 Å². The maximum absolute atomic E-state index is 12.8. The van der Waals surface area contributed by atoms with E-state index in [9.17, 15) is 13.2 Å². The molecule has 0 radical (unpaired) electrons. The molecule has 2 rings (SSSR count). The molecule has 100 valence electrons. The van der Waals surface area contributed by atoms with Crippen LogP contribution in [0.25, 0.3) is 0 Å². The molecule has 2 N–H and O–H groups in total. The van der Waals surface area contributed by atoms with Gasteiger partial charge in [0.2, 0.25) is 0 Å². The van der Waals surface area contributed by atoms with E-state index < -0.39 is 11.7 Å². The Hall–Kier alpha value is -1.88. The van der Waals surface area contributed by atoms with Crippen molar-refractivity contribution in [2.45, 2.75) is 6.18 Å². The Labute approximate surface area is 112 Å². The van der Waals surface area contributed by atoms with Crippen molar-refractivity contribution in [2.75, 3.05) is 5.73 Å². The number of benzene rings is 2. The van der Waals surface area contributed by atoms with E-state index in [1.54, 1.807) is 6.07 Å². The summed E-state index contributed by atoms with van der Waals surface area (Å²) in [4.78, 5) is 0. The maximum atomic E-state index is 12.8. The third kappa shape index (κ3) is 2.93. The zero-order valence-corrected chi connectivity index (χ0v) is 10.3. The highest BCUT2D eigenvalue weighted by Gasteiger charge is 2.34. The number of para-hydroxylation sites is 2. The molecule has 0 amide bonds. The van der Waals surface area contributed by atoms with Crippen LogP contribution in [0.15, 0.2) is 42.5 Å². The summed E-state index contributed by atoms with van der Waals surface area (Å²) in [5.41, 5.74) is 4.88. The molecule has 2 aromatic carbocycles. The Morgan fingerprint density at radius 1 is 0.947 bits per heavy atom. The molecule has 0 atom stereocenters. The van der Waals surface area contributed by atoms with E-state index in [0.29, 0.717) is 0 Å². The molecule has 0 saturated heterocycles. The van der Waals surface area contributed by atoms with Crippen molar-refractivity contribution in [3.8, 4) is 11.5 Å². The molecule has 0 aliphatic rings. The van der Waals surface area contributed by atoms with Gasteiger partial charge in [-0.15, -0.1) is 0 Å². The van der Waals surface area contributed by atoms with Gasteiger partial charge >= 0.3 is 6.18 Å². The third-order valence-corrected chi connectivity index (χ3v) is 2.75. The Morgan fingerprint density at radius 2 is 1.58 bits per heavy atom. The van der Waals surface area contributed by atoms with E-state index in [-0.39, 0.29) is 22.2 Å². The first-order valence-electron chi connectivity index (χ1n) is 5.27. The van der Waals surface area contributed by atoms with Crippen LogP contribution in [-0.2, 0) is 6.18 Å². The second-order valence-corrected chi connectivity index (χ2v) is 4.15. The Morgan fingerprint density at radius 3 is 2.26 bits per heavy atom. The van der Waals surface area contributed by atoms with Crippen LogP contribution in [0.2, 0.25) is 5.02 Å². The lowest BCUT2D eigenvalue weighted by atomic mass is 10.2. The predicted molar refractivity (Wildman–Crippen MR) is 67.4 cm³/mol. The van der Waals surface area contributed by atoms with Crippen molar-refractivity contribution in [3.63, 3.8) is 0 Å². The predicted octanol–water partition coefficient (Wildman–Crippen LogP) is 4.73. The summed E-state index contributed by atoms with van der Waals surface area (Å²) in [5.74, 6) is -0.229. The summed E-state index contributed by atoms with van der Waals surface area (Å²) in [7, 11) is 0. The van der Waals surface area contributed by atoms with E-state index in [4.69, 9.17) is 22.1 Å². The zero-order valence-electron chi connectivity index (χ0n) is 9.54. The van der Waals surface area contributed by atoms with E-state index in [1.807, 2.05) is 0 Å². The van der Waals surface area contributed by atoms with Crippen molar-refractivity contribution in [2.24, 2.45) is 0 Å². The summed E-state index contributed by atoms with van der Waals surface area (Å²) in [5, 5.41) is 0.224. The quantitative estimate of drug-likeness (QED) is 0.810. The van der Waals surface area contributed by atoms with Gasteiger partial charge in [0, 0.05) is 0 Å². The second-order valence-electron chi connectivity index (χ2n) is 3.75. The fraction of sp³-hybridized carbons (Fsp3) is 0.0769. The SMILES string of the molecule is Nc1c(Cl)cccc1Oc1ccccc1C(F)(F)F. The van der Waals surface area contributed by atoms with E-state index in [2.05, 4.69) is 0 Å². The molecule has 0 aliphatic carbocycles. The largest absolute Gasteiger partial charge is 0.455 e. The average molecular weight is 288 g/mol. The molecule has 0 spiro atoms. The smallest absolute Gasteiger partial charge is 0.419 e. The molecule has 0 heterocycles. The van der Waals surface area contributed by atoms with Crippen molar-refractivity contribution in [1.82, 2.24) is 0 Å². The van der Waals surface area contributed by atoms with Crippen LogP contribution >= 0.6 is 11.6 Å². The number of ether oxygens (including phenoxy) is 1. The van der Waals surface area contributed by atoms with E-state index in [1.165, 1.54) is 30.3 Å². The summed E-state index contributed by atoms with van der Waals surface area (Å²) in [6.45, 7) is 0. The van der Waals surface area contributed by atoms with Gasteiger partial charge in [0.05, 0.1) is 16.3 Å². The van der Waals surface area contributed by atoms with Crippen molar-refractivity contribution in [1.29, 1.82) is 0 Å². The number of anilines is 1. The Kier molecular flexibility index (Phi) is 3.57. The van der Waals surface area contributed by atoms with Gasteiger partial charge in [-0.25, -0.2) is 0 Å². The molecule has 0 aliphatic heterocycles. The fourth-order valence-electron chi connectivity index (χ4n) is 1.51. The van der Waals surface area contributed by atoms with E-state index in [0.717, 1.165) is 6.07 Å². The molecule has 19 heavy (non-hydrogen) atoms. The molecular weight excluding hydrogens is 279 g/mol. The van der Waals surface area contributed by atoms with Gasteiger partial charge in [-0.1, -0.05) is 29.8 Å². The fourth-order valence-corrected chi connectivity index (χ4v) is 1.68. The van der Waals surface area contributed by atoms with Crippen molar-refractivity contribution in [3.05, 3.63) is 53.1 Å². The van der Waals surface area contributed by atoms with Crippen molar-refractivity contribution < 1.29 is 17.9 Å². The van der Waals surface area contributed by atoms with Crippen LogP contribution in [0.3, 0.4) is 0 Å². The topological polar surface area (TPSA) is 35.2 Å².